The lowest BCUT2D eigenvalue weighted by Gasteiger charge is -2.14. The summed E-state index contributed by atoms with van der Waals surface area (Å²) in [6.07, 6.45) is 0.813. The van der Waals surface area contributed by atoms with Gasteiger partial charge in [-0.25, -0.2) is 8.42 Å². The zero-order chi connectivity index (χ0) is 18.0. The molecule has 2 aromatic rings. The summed E-state index contributed by atoms with van der Waals surface area (Å²) in [7, 11) is -3.81. The van der Waals surface area contributed by atoms with Crippen molar-refractivity contribution in [2.75, 3.05) is 11.3 Å². The second kappa shape index (κ2) is 6.65. The van der Waals surface area contributed by atoms with Crippen LogP contribution in [0.4, 0.5) is 5.69 Å². The van der Waals surface area contributed by atoms with E-state index >= 15 is 0 Å². The van der Waals surface area contributed by atoms with Crippen LogP contribution < -0.4 is 14.2 Å². The van der Waals surface area contributed by atoms with E-state index in [1.807, 2.05) is 26.0 Å². The predicted octanol–water partition coefficient (Wildman–Crippen LogP) is 3.08. The maximum atomic E-state index is 12.6. The molecule has 7 heteroatoms. The molecule has 1 aliphatic rings. The largest absolute Gasteiger partial charge is 0.492 e. The van der Waals surface area contributed by atoms with E-state index in [0.717, 1.165) is 12.0 Å². The molecule has 0 unspecified atom stereocenters. The third-order valence-electron chi connectivity index (χ3n) is 3.84. The van der Waals surface area contributed by atoms with E-state index in [9.17, 15) is 8.42 Å². The Kier molecular flexibility index (Phi) is 4.55. The lowest BCUT2D eigenvalue weighted by molar-refractivity contribution is 0.254. The summed E-state index contributed by atoms with van der Waals surface area (Å²) in [5.41, 5.74) is 1.73. The molecular weight excluding hydrogens is 340 g/mol. The minimum Gasteiger partial charge on any atom is -0.492 e. The van der Waals surface area contributed by atoms with Gasteiger partial charge in [0, 0.05) is 18.1 Å². The van der Waals surface area contributed by atoms with Crippen LogP contribution in [0.3, 0.4) is 0 Å². The molecule has 0 saturated carbocycles. The van der Waals surface area contributed by atoms with Gasteiger partial charge < -0.3 is 9.47 Å². The summed E-state index contributed by atoms with van der Waals surface area (Å²) < 4.78 is 39.1. The third kappa shape index (κ3) is 3.54. The summed E-state index contributed by atoms with van der Waals surface area (Å²) in [4.78, 5) is 0.0729. The molecule has 2 aromatic carbocycles. The Balaban J connectivity index is 1.95. The molecule has 25 heavy (non-hydrogen) atoms. The van der Waals surface area contributed by atoms with Crippen molar-refractivity contribution >= 4 is 15.7 Å². The maximum Gasteiger partial charge on any atom is 0.262 e. The highest BCUT2D eigenvalue weighted by Gasteiger charge is 2.24. The van der Waals surface area contributed by atoms with Gasteiger partial charge in [0.05, 0.1) is 28.8 Å². The van der Waals surface area contributed by atoms with Gasteiger partial charge in [0.1, 0.15) is 17.6 Å². The van der Waals surface area contributed by atoms with Crippen LogP contribution in [0.5, 0.6) is 11.5 Å². The summed E-state index contributed by atoms with van der Waals surface area (Å²) in [5.74, 6) is 1.13. The van der Waals surface area contributed by atoms with E-state index in [1.54, 1.807) is 6.07 Å². The van der Waals surface area contributed by atoms with Crippen molar-refractivity contribution in [1.29, 1.82) is 5.26 Å². The molecule has 1 N–H and O–H groups in total. The molecule has 0 bridgehead atoms. The van der Waals surface area contributed by atoms with Gasteiger partial charge in [-0.2, -0.15) is 5.26 Å². The lowest BCUT2D eigenvalue weighted by Crippen LogP contribution is -2.14. The zero-order valence-corrected chi connectivity index (χ0v) is 14.8. The minimum atomic E-state index is -3.81. The van der Waals surface area contributed by atoms with E-state index in [1.165, 1.54) is 24.3 Å². The predicted molar refractivity (Wildman–Crippen MR) is 93.4 cm³/mol. The fraction of sp³-hybridized carbons (Fsp3) is 0.278. The van der Waals surface area contributed by atoms with Crippen LogP contribution in [-0.2, 0) is 16.4 Å². The van der Waals surface area contributed by atoms with Crippen molar-refractivity contribution in [2.45, 2.75) is 31.3 Å². The fourth-order valence-corrected chi connectivity index (χ4v) is 3.77. The third-order valence-corrected chi connectivity index (χ3v) is 5.22. The molecule has 0 radical (unpaired) electrons. The Labute approximate surface area is 147 Å². The molecule has 3 rings (SSSR count). The Hall–Kier alpha value is -2.72. The van der Waals surface area contributed by atoms with E-state index in [-0.39, 0.29) is 11.0 Å². The molecule has 0 aromatic heterocycles. The number of nitriles is 1. The molecule has 6 nitrogen and oxygen atoms in total. The highest BCUT2D eigenvalue weighted by Crippen LogP contribution is 2.38. The normalized spacial score (nSPS) is 15.8. The Bertz CT molecular complexity index is 931. The van der Waals surface area contributed by atoms with Crippen LogP contribution in [0.2, 0.25) is 0 Å². The van der Waals surface area contributed by atoms with Gasteiger partial charge in [-0.05, 0) is 44.2 Å². The molecule has 1 heterocycles. The number of nitrogens with one attached hydrogen (secondary N) is 1. The highest BCUT2D eigenvalue weighted by atomic mass is 32.2. The van der Waals surface area contributed by atoms with Gasteiger partial charge in [0.15, 0.2) is 0 Å². The fourth-order valence-electron chi connectivity index (χ4n) is 2.71. The van der Waals surface area contributed by atoms with Gasteiger partial charge in [0.2, 0.25) is 0 Å². The number of rotatable bonds is 5. The van der Waals surface area contributed by atoms with Crippen molar-refractivity contribution in [2.24, 2.45) is 0 Å². The van der Waals surface area contributed by atoms with Crippen molar-refractivity contribution < 1.29 is 17.9 Å². The average Bonchev–Trinajstić information content (AvgIpc) is 2.94. The number of anilines is 1. The van der Waals surface area contributed by atoms with Crippen LogP contribution in [-0.4, -0.2) is 21.1 Å². The van der Waals surface area contributed by atoms with E-state index in [4.69, 9.17) is 14.7 Å². The summed E-state index contributed by atoms with van der Waals surface area (Å²) in [5, 5.41) is 8.83. The zero-order valence-electron chi connectivity index (χ0n) is 13.9. The minimum absolute atomic E-state index is 0.0508. The van der Waals surface area contributed by atoms with E-state index in [2.05, 4.69) is 4.72 Å². The number of fused-ring (bicyclic) bond motifs is 1. The van der Waals surface area contributed by atoms with Gasteiger partial charge in [0.25, 0.3) is 10.0 Å². The smallest absolute Gasteiger partial charge is 0.262 e. The van der Waals surface area contributed by atoms with Crippen molar-refractivity contribution in [3.63, 3.8) is 0 Å². The van der Waals surface area contributed by atoms with Crippen molar-refractivity contribution in [3.05, 3.63) is 47.5 Å². The summed E-state index contributed by atoms with van der Waals surface area (Å²) in [6.45, 7) is 4.22. The maximum absolute atomic E-state index is 12.6. The number of sulfonamides is 1. The highest BCUT2D eigenvalue weighted by molar-refractivity contribution is 7.92. The number of hydrogen-bond acceptors (Lipinski definition) is 5. The first-order valence-electron chi connectivity index (χ1n) is 7.92. The average molecular weight is 358 g/mol. The Morgan fingerprint density at radius 3 is 2.68 bits per heavy atom. The van der Waals surface area contributed by atoms with E-state index < -0.39 is 10.0 Å². The van der Waals surface area contributed by atoms with Crippen LogP contribution in [0.15, 0.2) is 41.3 Å². The molecule has 0 aliphatic carbocycles. The van der Waals surface area contributed by atoms with Crippen molar-refractivity contribution in [1.82, 2.24) is 0 Å². The summed E-state index contributed by atoms with van der Waals surface area (Å²) >= 11 is 0. The van der Waals surface area contributed by atoms with Gasteiger partial charge >= 0.3 is 0 Å². The first kappa shape index (κ1) is 17.1. The van der Waals surface area contributed by atoms with Crippen LogP contribution in [0, 0.1) is 11.3 Å². The molecule has 0 fully saturated rings. The second-order valence-electron chi connectivity index (χ2n) is 5.76. The molecule has 0 saturated heterocycles. The van der Waals surface area contributed by atoms with Crippen LogP contribution >= 0.6 is 0 Å². The summed E-state index contributed by atoms with van der Waals surface area (Å²) in [6, 6.07) is 11.2. The van der Waals surface area contributed by atoms with E-state index in [0.29, 0.717) is 29.4 Å². The number of nitrogens with zero attached hydrogens (tertiary/aromatic N) is 1. The van der Waals surface area contributed by atoms with Crippen molar-refractivity contribution in [3.8, 4) is 17.6 Å². The van der Waals surface area contributed by atoms with Gasteiger partial charge in [-0.15, -0.1) is 0 Å². The monoisotopic (exact) mass is 358 g/mol. The first-order valence-corrected chi connectivity index (χ1v) is 9.40. The quantitative estimate of drug-likeness (QED) is 0.887. The molecule has 1 atom stereocenters. The lowest BCUT2D eigenvalue weighted by atomic mass is 10.1. The molecule has 130 valence electrons. The topological polar surface area (TPSA) is 88.4 Å². The second-order valence-corrected chi connectivity index (χ2v) is 7.45. The number of ether oxygens (including phenoxy) is 2. The first-order chi connectivity index (χ1) is 11.9. The van der Waals surface area contributed by atoms with Gasteiger partial charge in [-0.3, -0.25) is 4.72 Å². The van der Waals surface area contributed by atoms with Gasteiger partial charge in [-0.1, -0.05) is 0 Å². The Morgan fingerprint density at radius 1 is 1.32 bits per heavy atom. The SMILES string of the molecule is CCOc1cc2c(cc1NS(=O)(=O)c1ccc(C#N)cc1)O[C@H](C)C2. The number of hydrogen-bond donors (Lipinski definition) is 1. The number of benzene rings is 2. The molecule has 0 spiro atoms. The Morgan fingerprint density at radius 2 is 2.04 bits per heavy atom. The van der Waals surface area contributed by atoms with Crippen LogP contribution in [0.1, 0.15) is 25.0 Å². The molecule has 0 amide bonds. The standard InChI is InChI=1S/C18H18N2O4S/c1-3-23-18-9-14-8-12(2)24-17(14)10-16(18)20-25(21,22)15-6-4-13(11-19)5-7-15/h4-7,9-10,12,20H,3,8H2,1-2H3/t12-/m1/s1. The molecule has 1 aliphatic heterocycles. The molecular formula is C18H18N2O4S. The van der Waals surface area contributed by atoms with Crippen LogP contribution in [0.25, 0.3) is 0 Å².